The zero-order valence-corrected chi connectivity index (χ0v) is 16.3. The average Bonchev–Trinajstić information content (AvgIpc) is 3.08. The third kappa shape index (κ3) is 3.68. The Morgan fingerprint density at radius 1 is 0.963 bits per heavy atom. The van der Waals surface area contributed by atoms with E-state index in [2.05, 4.69) is 10.2 Å². The smallest absolute Gasteiger partial charge is 0.206 e. The molecule has 2 aliphatic rings. The maximum absolute atomic E-state index is 13.5. The van der Waals surface area contributed by atoms with Crippen LogP contribution in [0.5, 0.6) is 0 Å². The van der Waals surface area contributed by atoms with Gasteiger partial charge in [0, 0.05) is 18.3 Å². The summed E-state index contributed by atoms with van der Waals surface area (Å²) < 4.78 is 52.1. The number of halogens is 3. The summed E-state index contributed by atoms with van der Waals surface area (Å²) in [4.78, 5) is 2.25. The Morgan fingerprint density at radius 3 is 2.33 bits per heavy atom. The molecule has 0 amide bonds. The molecule has 4 nitrogen and oxygen atoms in total. The minimum absolute atomic E-state index is 0. The fourth-order valence-corrected chi connectivity index (χ4v) is 5.17. The molecule has 1 fully saturated rings. The maximum atomic E-state index is 13.5. The van der Waals surface area contributed by atoms with Crippen LogP contribution in [0.1, 0.15) is 18.4 Å². The second-order valence-corrected chi connectivity index (χ2v) is 8.74. The lowest BCUT2D eigenvalue weighted by molar-refractivity contribution is 0.435. The number of benzene rings is 2. The second kappa shape index (κ2) is 7.73. The van der Waals surface area contributed by atoms with E-state index in [0.717, 1.165) is 68.3 Å². The number of anilines is 1. The van der Waals surface area contributed by atoms with Crippen LogP contribution in [0.2, 0.25) is 0 Å². The summed E-state index contributed by atoms with van der Waals surface area (Å²) in [6.45, 7) is 2.88. The van der Waals surface area contributed by atoms with E-state index in [1.165, 1.54) is 0 Å². The minimum Gasteiger partial charge on any atom is -0.368 e. The molecule has 0 unspecified atom stereocenters. The Hall–Kier alpha value is -1.70. The monoisotopic (exact) mass is 414 g/mol. The highest BCUT2D eigenvalue weighted by Gasteiger charge is 2.29. The number of fused-ring (bicyclic) bond motifs is 1. The molecule has 4 rings (SSSR count). The van der Waals surface area contributed by atoms with Gasteiger partial charge in [-0.15, -0.1) is 12.4 Å². The first kappa shape index (κ1) is 20.0. The van der Waals surface area contributed by atoms with Crippen LogP contribution in [-0.4, -0.2) is 34.1 Å². The van der Waals surface area contributed by atoms with Gasteiger partial charge in [0.1, 0.15) is 0 Å². The fourth-order valence-electron chi connectivity index (χ4n) is 3.85. The first-order chi connectivity index (χ1) is 12.5. The van der Waals surface area contributed by atoms with Crippen LogP contribution >= 0.6 is 12.4 Å². The van der Waals surface area contributed by atoms with Crippen molar-refractivity contribution in [2.24, 2.45) is 0 Å². The highest BCUT2D eigenvalue weighted by Crippen LogP contribution is 2.35. The molecule has 2 heterocycles. The SMILES string of the molecule is Cl.O=S(=O)(c1ccc(F)c(F)c1)c1ccc2c(c1)CCN2C1CCNCC1. The standard InChI is InChI=1S/C19H20F2N2O2S.ClH/c20-17-3-1-16(12-18(17)21)26(24,25)15-2-4-19-13(11-15)7-10-23(19)14-5-8-22-9-6-14;/h1-4,11-12,14,22H,5-10H2;1H. The first-order valence-corrected chi connectivity index (χ1v) is 10.3. The minimum atomic E-state index is -3.88. The third-order valence-corrected chi connectivity index (χ3v) is 6.99. The van der Waals surface area contributed by atoms with Crippen molar-refractivity contribution in [2.75, 3.05) is 24.5 Å². The first-order valence-electron chi connectivity index (χ1n) is 8.77. The molecule has 0 aliphatic carbocycles. The second-order valence-electron chi connectivity index (χ2n) is 6.79. The number of piperidine rings is 1. The molecule has 1 N–H and O–H groups in total. The predicted octanol–water partition coefficient (Wildman–Crippen LogP) is 3.33. The van der Waals surface area contributed by atoms with E-state index >= 15 is 0 Å². The number of hydrogen-bond donors (Lipinski definition) is 1. The Morgan fingerprint density at radius 2 is 1.63 bits per heavy atom. The van der Waals surface area contributed by atoms with Crippen molar-refractivity contribution in [1.29, 1.82) is 0 Å². The van der Waals surface area contributed by atoms with Crippen molar-refractivity contribution in [1.82, 2.24) is 5.32 Å². The van der Waals surface area contributed by atoms with E-state index in [-0.39, 0.29) is 22.2 Å². The summed E-state index contributed by atoms with van der Waals surface area (Å²) in [6, 6.07) is 8.24. The molecule has 0 atom stereocenters. The van der Waals surface area contributed by atoms with Crippen LogP contribution in [0, 0.1) is 11.6 Å². The van der Waals surface area contributed by atoms with E-state index in [1.54, 1.807) is 12.1 Å². The number of rotatable bonds is 3. The average molecular weight is 415 g/mol. The lowest BCUT2D eigenvalue weighted by Gasteiger charge is -2.33. The number of hydrogen-bond acceptors (Lipinski definition) is 4. The molecule has 27 heavy (non-hydrogen) atoms. The molecular weight excluding hydrogens is 394 g/mol. The highest BCUT2D eigenvalue weighted by molar-refractivity contribution is 7.91. The third-order valence-electron chi connectivity index (χ3n) is 5.24. The Bertz CT molecular complexity index is 947. The Kier molecular flexibility index (Phi) is 5.74. The van der Waals surface area contributed by atoms with Gasteiger partial charge in [-0.2, -0.15) is 0 Å². The van der Waals surface area contributed by atoms with Crippen LogP contribution in [0.25, 0.3) is 0 Å². The van der Waals surface area contributed by atoms with Crippen LogP contribution in [0.3, 0.4) is 0 Å². The van der Waals surface area contributed by atoms with Gasteiger partial charge < -0.3 is 10.2 Å². The van der Waals surface area contributed by atoms with Gasteiger partial charge in [0.05, 0.1) is 9.79 Å². The molecule has 0 bridgehead atoms. The zero-order valence-electron chi connectivity index (χ0n) is 14.6. The van der Waals surface area contributed by atoms with Crippen molar-refractivity contribution in [3.8, 4) is 0 Å². The largest absolute Gasteiger partial charge is 0.368 e. The van der Waals surface area contributed by atoms with E-state index in [9.17, 15) is 17.2 Å². The summed E-state index contributed by atoms with van der Waals surface area (Å²) in [5, 5.41) is 3.35. The summed E-state index contributed by atoms with van der Waals surface area (Å²) in [5.41, 5.74) is 2.08. The van der Waals surface area contributed by atoms with Crippen molar-refractivity contribution in [2.45, 2.75) is 35.1 Å². The molecular formula is C19H21ClF2N2O2S. The summed E-state index contributed by atoms with van der Waals surface area (Å²) in [7, 11) is -3.88. The van der Waals surface area contributed by atoms with Gasteiger partial charge in [-0.05, 0) is 74.3 Å². The lowest BCUT2D eigenvalue weighted by Crippen LogP contribution is -2.42. The van der Waals surface area contributed by atoms with Gasteiger partial charge in [0.25, 0.3) is 0 Å². The molecule has 2 aromatic rings. The van der Waals surface area contributed by atoms with Crippen molar-refractivity contribution >= 4 is 27.9 Å². The van der Waals surface area contributed by atoms with Gasteiger partial charge in [-0.1, -0.05) is 0 Å². The van der Waals surface area contributed by atoms with Gasteiger partial charge in [0.2, 0.25) is 9.84 Å². The molecule has 146 valence electrons. The van der Waals surface area contributed by atoms with Crippen molar-refractivity contribution < 1.29 is 17.2 Å². The Labute approximate surface area is 163 Å². The normalized spacial score (nSPS) is 17.5. The van der Waals surface area contributed by atoms with Crippen LogP contribution in [0.15, 0.2) is 46.2 Å². The van der Waals surface area contributed by atoms with Crippen molar-refractivity contribution in [3.63, 3.8) is 0 Å². The topological polar surface area (TPSA) is 49.4 Å². The maximum Gasteiger partial charge on any atom is 0.206 e. The van der Waals surface area contributed by atoms with Gasteiger partial charge in [-0.25, -0.2) is 17.2 Å². The summed E-state index contributed by atoms with van der Waals surface area (Å²) in [6.07, 6.45) is 2.95. The Balaban J connectivity index is 0.00000210. The molecule has 1 saturated heterocycles. The summed E-state index contributed by atoms with van der Waals surface area (Å²) >= 11 is 0. The van der Waals surface area contributed by atoms with E-state index in [0.29, 0.717) is 6.04 Å². The molecule has 0 saturated carbocycles. The zero-order chi connectivity index (χ0) is 18.3. The van der Waals surface area contributed by atoms with Crippen LogP contribution < -0.4 is 10.2 Å². The van der Waals surface area contributed by atoms with E-state index in [1.807, 2.05) is 6.07 Å². The fraction of sp³-hybridized carbons (Fsp3) is 0.368. The lowest BCUT2D eigenvalue weighted by atomic mass is 10.0. The van der Waals surface area contributed by atoms with Crippen LogP contribution in [-0.2, 0) is 16.3 Å². The number of nitrogens with zero attached hydrogens (tertiary/aromatic N) is 1. The van der Waals surface area contributed by atoms with Crippen molar-refractivity contribution in [3.05, 3.63) is 53.6 Å². The summed E-state index contributed by atoms with van der Waals surface area (Å²) in [5.74, 6) is -2.22. The number of sulfone groups is 1. The van der Waals surface area contributed by atoms with Gasteiger partial charge in [0.15, 0.2) is 11.6 Å². The molecule has 8 heteroatoms. The number of nitrogens with one attached hydrogen (secondary N) is 1. The molecule has 2 aliphatic heterocycles. The van der Waals surface area contributed by atoms with E-state index in [4.69, 9.17) is 0 Å². The van der Waals surface area contributed by atoms with Crippen LogP contribution in [0.4, 0.5) is 14.5 Å². The predicted molar refractivity (Wildman–Crippen MR) is 102 cm³/mol. The van der Waals surface area contributed by atoms with Gasteiger partial charge in [-0.3, -0.25) is 0 Å². The molecule has 0 aromatic heterocycles. The molecule has 0 radical (unpaired) electrons. The quantitative estimate of drug-likeness (QED) is 0.783. The molecule has 0 spiro atoms. The van der Waals surface area contributed by atoms with E-state index < -0.39 is 21.5 Å². The highest BCUT2D eigenvalue weighted by atomic mass is 35.5. The molecule has 2 aromatic carbocycles. The van der Waals surface area contributed by atoms with Gasteiger partial charge >= 0.3 is 0 Å².